The predicted molar refractivity (Wildman–Crippen MR) is 113 cm³/mol. The summed E-state index contributed by atoms with van der Waals surface area (Å²) in [4.78, 5) is 36.9. The Balaban J connectivity index is 1.72. The Labute approximate surface area is 178 Å². The molecular weight excluding hydrogens is 406 g/mol. The number of carbonyl (C=O) groups excluding carboxylic acids is 2. The molecule has 1 aliphatic rings. The fourth-order valence-electron chi connectivity index (χ4n) is 3.06. The number of amides is 1. The second-order valence-electron chi connectivity index (χ2n) is 6.64. The number of anilines is 2. The number of nitro groups is 1. The number of nitro benzene ring substituents is 1. The lowest BCUT2D eigenvalue weighted by Gasteiger charge is -2.30. The SMILES string of the molecule is CCOC(=O)c1ccc(N2CCOCC2)c(NC(=O)COc2ccc([N+](=O)[O-])cc2)c1. The number of benzene rings is 2. The van der Waals surface area contributed by atoms with Crippen LogP contribution in [0.2, 0.25) is 0 Å². The van der Waals surface area contributed by atoms with Crippen LogP contribution in [0.5, 0.6) is 5.75 Å². The van der Waals surface area contributed by atoms with E-state index in [4.69, 9.17) is 14.2 Å². The maximum absolute atomic E-state index is 12.5. The Morgan fingerprint density at radius 2 is 1.87 bits per heavy atom. The highest BCUT2D eigenvalue weighted by Gasteiger charge is 2.19. The van der Waals surface area contributed by atoms with Crippen LogP contribution in [0.25, 0.3) is 0 Å². The lowest BCUT2D eigenvalue weighted by Crippen LogP contribution is -2.37. The van der Waals surface area contributed by atoms with Gasteiger partial charge in [-0.2, -0.15) is 0 Å². The molecule has 0 atom stereocenters. The number of esters is 1. The van der Waals surface area contributed by atoms with Crippen LogP contribution in [-0.2, 0) is 14.3 Å². The van der Waals surface area contributed by atoms with E-state index in [9.17, 15) is 19.7 Å². The number of rotatable bonds is 8. The molecular formula is C21H23N3O7. The largest absolute Gasteiger partial charge is 0.484 e. The normalized spacial score (nSPS) is 13.4. The third-order valence-electron chi connectivity index (χ3n) is 4.55. The average Bonchev–Trinajstić information content (AvgIpc) is 2.78. The highest BCUT2D eigenvalue weighted by molar-refractivity contribution is 5.98. The van der Waals surface area contributed by atoms with Gasteiger partial charge in [0.1, 0.15) is 5.75 Å². The summed E-state index contributed by atoms with van der Waals surface area (Å²) in [6.07, 6.45) is 0. The lowest BCUT2D eigenvalue weighted by atomic mass is 10.1. The highest BCUT2D eigenvalue weighted by atomic mass is 16.6. The van der Waals surface area contributed by atoms with Gasteiger partial charge in [-0.25, -0.2) is 4.79 Å². The summed E-state index contributed by atoms with van der Waals surface area (Å²) in [6, 6.07) is 10.4. The minimum Gasteiger partial charge on any atom is -0.484 e. The molecule has 10 heteroatoms. The Morgan fingerprint density at radius 1 is 1.16 bits per heavy atom. The molecule has 1 fully saturated rings. The minimum absolute atomic E-state index is 0.0669. The Bertz CT molecular complexity index is 940. The number of ether oxygens (including phenoxy) is 3. The van der Waals surface area contributed by atoms with Gasteiger partial charge >= 0.3 is 5.97 Å². The van der Waals surface area contributed by atoms with E-state index in [1.165, 1.54) is 24.3 Å². The molecule has 0 unspecified atom stereocenters. The summed E-state index contributed by atoms with van der Waals surface area (Å²) in [5.41, 5.74) is 1.48. The highest BCUT2D eigenvalue weighted by Crippen LogP contribution is 2.28. The van der Waals surface area contributed by atoms with Gasteiger partial charge in [-0.15, -0.1) is 0 Å². The maximum atomic E-state index is 12.5. The fourth-order valence-corrected chi connectivity index (χ4v) is 3.06. The fraction of sp³-hybridized carbons (Fsp3) is 0.333. The van der Waals surface area contributed by atoms with E-state index in [0.717, 1.165) is 5.69 Å². The van der Waals surface area contributed by atoms with Gasteiger partial charge in [0.2, 0.25) is 0 Å². The van der Waals surface area contributed by atoms with Gasteiger partial charge in [-0.05, 0) is 37.3 Å². The zero-order valence-corrected chi connectivity index (χ0v) is 17.0. The summed E-state index contributed by atoms with van der Waals surface area (Å²) in [6.45, 7) is 4.10. The molecule has 0 radical (unpaired) electrons. The molecule has 0 saturated carbocycles. The van der Waals surface area contributed by atoms with Crippen molar-refractivity contribution in [1.82, 2.24) is 0 Å². The third-order valence-corrected chi connectivity index (χ3v) is 4.55. The quantitative estimate of drug-likeness (QED) is 0.386. The Morgan fingerprint density at radius 3 is 2.52 bits per heavy atom. The van der Waals surface area contributed by atoms with Gasteiger partial charge < -0.3 is 24.4 Å². The van der Waals surface area contributed by atoms with Crippen molar-refractivity contribution in [2.24, 2.45) is 0 Å². The molecule has 1 heterocycles. The van der Waals surface area contributed by atoms with Crippen molar-refractivity contribution in [3.8, 4) is 5.75 Å². The molecule has 1 saturated heterocycles. The molecule has 3 rings (SSSR count). The van der Waals surface area contributed by atoms with Gasteiger partial charge in [-0.1, -0.05) is 0 Å². The number of nitrogens with one attached hydrogen (secondary N) is 1. The molecule has 0 bridgehead atoms. The zero-order chi connectivity index (χ0) is 22.2. The summed E-state index contributed by atoms with van der Waals surface area (Å²) in [5, 5.41) is 13.5. The smallest absolute Gasteiger partial charge is 0.338 e. The van der Waals surface area contributed by atoms with Crippen molar-refractivity contribution in [1.29, 1.82) is 0 Å². The van der Waals surface area contributed by atoms with Gasteiger partial charge in [-0.3, -0.25) is 14.9 Å². The van der Waals surface area contributed by atoms with Crippen LogP contribution < -0.4 is 15.0 Å². The molecule has 1 N–H and O–H groups in total. The molecule has 0 aliphatic carbocycles. The van der Waals surface area contributed by atoms with Crippen LogP contribution in [0.4, 0.5) is 17.1 Å². The van der Waals surface area contributed by atoms with E-state index < -0.39 is 16.8 Å². The van der Waals surface area contributed by atoms with Gasteiger partial charge in [0, 0.05) is 25.2 Å². The molecule has 164 valence electrons. The molecule has 0 spiro atoms. The average molecular weight is 429 g/mol. The van der Waals surface area contributed by atoms with Crippen LogP contribution in [0.3, 0.4) is 0 Å². The van der Waals surface area contributed by atoms with Crippen LogP contribution in [0, 0.1) is 10.1 Å². The second kappa shape index (κ2) is 10.4. The second-order valence-corrected chi connectivity index (χ2v) is 6.64. The molecule has 10 nitrogen and oxygen atoms in total. The predicted octanol–water partition coefficient (Wildman–Crippen LogP) is 2.63. The van der Waals surface area contributed by atoms with Crippen molar-refractivity contribution < 1.29 is 28.7 Å². The zero-order valence-electron chi connectivity index (χ0n) is 17.0. The lowest BCUT2D eigenvalue weighted by molar-refractivity contribution is -0.384. The summed E-state index contributed by atoms with van der Waals surface area (Å²) < 4.78 is 15.8. The van der Waals surface area contributed by atoms with Crippen molar-refractivity contribution in [3.63, 3.8) is 0 Å². The van der Waals surface area contributed by atoms with Crippen LogP contribution in [0.15, 0.2) is 42.5 Å². The van der Waals surface area contributed by atoms with Crippen molar-refractivity contribution in [2.75, 3.05) is 49.7 Å². The Kier molecular flexibility index (Phi) is 7.39. The van der Waals surface area contributed by atoms with E-state index in [1.54, 1.807) is 25.1 Å². The first-order chi connectivity index (χ1) is 15.0. The summed E-state index contributed by atoms with van der Waals surface area (Å²) >= 11 is 0. The first-order valence-electron chi connectivity index (χ1n) is 9.79. The van der Waals surface area contributed by atoms with E-state index >= 15 is 0 Å². The van der Waals surface area contributed by atoms with E-state index in [-0.39, 0.29) is 18.9 Å². The van der Waals surface area contributed by atoms with Gasteiger partial charge in [0.05, 0.1) is 41.7 Å². The number of morpholine rings is 1. The van der Waals surface area contributed by atoms with Crippen molar-refractivity contribution in [2.45, 2.75) is 6.92 Å². The van der Waals surface area contributed by atoms with Crippen LogP contribution in [-0.4, -0.2) is 56.3 Å². The molecule has 2 aromatic rings. The first-order valence-corrected chi connectivity index (χ1v) is 9.79. The van der Waals surface area contributed by atoms with Crippen LogP contribution in [0.1, 0.15) is 17.3 Å². The van der Waals surface area contributed by atoms with Crippen LogP contribution >= 0.6 is 0 Å². The first kappa shape index (κ1) is 22.0. The van der Waals surface area contributed by atoms with E-state index in [2.05, 4.69) is 10.2 Å². The number of nitrogens with zero attached hydrogens (tertiary/aromatic N) is 2. The molecule has 1 amide bonds. The molecule has 1 aliphatic heterocycles. The maximum Gasteiger partial charge on any atom is 0.338 e. The summed E-state index contributed by atoms with van der Waals surface area (Å²) in [5.74, 6) is -0.586. The van der Waals surface area contributed by atoms with Crippen molar-refractivity contribution >= 4 is 28.9 Å². The molecule has 2 aromatic carbocycles. The van der Waals surface area contributed by atoms with Gasteiger partial charge in [0.15, 0.2) is 6.61 Å². The number of carbonyl (C=O) groups is 2. The van der Waals surface area contributed by atoms with E-state index in [1.807, 2.05) is 0 Å². The molecule has 31 heavy (non-hydrogen) atoms. The minimum atomic E-state index is -0.514. The number of non-ortho nitro benzene ring substituents is 1. The summed E-state index contributed by atoms with van der Waals surface area (Å²) in [7, 11) is 0. The van der Waals surface area contributed by atoms with E-state index in [0.29, 0.717) is 43.3 Å². The third kappa shape index (κ3) is 5.92. The molecule has 0 aromatic heterocycles. The number of hydrogen-bond acceptors (Lipinski definition) is 8. The standard InChI is InChI=1S/C21H23N3O7/c1-2-30-21(26)15-3-8-19(23-9-11-29-12-10-23)18(13-15)22-20(25)14-31-17-6-4-16(5-7-17)24(27)28/h3-8,13H,2,9-12,14H2,1H3,(H,22,25). The monoisotopic (exact) mass is 429 g/mol. The number of hydrogen-bond donors (Lipinski definition) is 1. The van der Waals surface area contributed by atoms with Gasteiger partial charge in [0.25, 0.3) is 11.6 Å². The topological polar surface area (TPSA) is 120 Å². The Hall–Kier alpha value is -3.66. The van der Waals surface area contributed by atoms with Crippen molar-refractivity contribution in [3.05, 3.63) is 58.1 Å².